The van der Waals surface area contributed by atoms with Crippen molar-refractivity contribution in [2.24, 2.45) is 5.41 Å². The number of ether oxygens (including phenoxy) is 1. The lowest BCUT2D eigenvalue weighted by molar-refractivity contribution is -0.146. The Morgan fingerprint density at radius 3 is 2.96 bits per heavy atom. The number of nitrogens with one attached hydrogen (secondary N) is 1. The van der Waals surface area contributed by atoms with E-state index in [2.05, 4.69) is 5.32 Å². The molecule has 1 aromatic carbocycles. The van der Waals surface area contributed by atoms with Gasteiger partial charge in [-0.05, 0) is 37.0 Å². The number of hydrogen-bond donors (Lipinski definition) is 1. The van der Waals surface area contributed by atoms with Crippen molar-refractivity contribution in [1.82, 2.24) is 15.1 Å². The predicted octanol–water partition coefficient (Wildman–Crippen LogP) is 2.00. The van der Waals surface area contributed by atoms with Gasteiger partial charge >= 0.3 is 6.03 Å². The van der Waals surface area contributed by atoms with E-state index in [0.29, 0.717) is 38.2 Å². The number of carbonyl (C=O) groups excluding carboxylic acids is 2. The Morgan fingerprint density at radius 2 is 2.19 bits per heavy atom. The topological polar surface area (TPSA) is 61.9 Å². The molecule has 7 heteroatoms. The summed E-state index contributed by atoms with van der Waals surface area (Å²) in [6.07, 6.45) is 2.47. The smallest absolute Gasteiger partial charge is 0.317 e. The zero-order valence-electron chi connectivity index (χ0n) is 15.2. The Hall–Kier alpha value is -2.15. The Labute approximate surface area is 153 Å². The molecule has 1 N–H and O–H groups in total. The molecule has 142 valence electrons. The first-order valence-corrected chi connectivity index (χ1v) is 9.10. The molecule has 26 heavy (non-hydrogen) atoms. The van der Waals surface area contributed by atoms with Crippen molar-refractivity contribution in [3.8, 4) is 0 Å². The molecule has 0 bridgehead atoms. The lowest BCUT2D eigenvalue weighted by Crippen LogP contribution is -2.51. The third-order valence-electron chi connectivity index (χ3n) is 5.36. The van der Waals surface area contributed by atoms with Crippen molar-refractivity contribution >= 4 is 11.9 Å². The highest BCUT2D eigenvalue weighted by Crippen LogP contribution is 2.40. The number of nitrogens with zero attached hydrogens (tertiary/aromatic N) is 2. The normalized spacial score (nSPS) is 22.9. The molecule has 1 unspecified atom stereocenters. The second-order valence-corrected chi connectivity index (χ2v) is 7.13. The minimum Gasteiger partial charge on any atom is -0.383 e. The number of amides is 3. The van der Waals surface area contributed by atoms with Crippen molar-refractivity contribution in [1.29, 1.82) is 0 Å². The molecule has 1 aromatic rings. The third-order valence-corrected chi connectivity index (χ3v) is 5.36. The number of halogens is 1. The number of likely N-dealkylation sites (tertiary alicyclic amines) is 2. The molecule has 3 rings (SSSR count). The van der Waals surface area contributed by atoms with Crippen LogP contribution in [0.1, 0.15) is 24.8 Å². The summed E-state index contributed by atoms with van der Waals surface area (Å²) in [6, 6.07) is 5.97. The largest absolute Gasteiger partial charge is 0.383 e. The molecule has 6 nitrogen and oxygen atoms in total. The fourth-order valence-electron chi connectivity index (χ4n) is 3.93. The maximum Gasteiger partial charge on any atom is 0.317 e. The van der Waals surface area contributed by atoms with Gasteiger partial charge in [0.25, 0.3) is 0 Å². The van der Waals surface area contributed by atoms with Crippen LogP contribution in [0.25, 0.3) is 0 Å². The number of benzene rings is 1. The number of urea groups is 1. The van der Waals surface area contributed by atoms with Crippen LogP contribution < -0.4 is 5.32 Å². The van der Waals surface area contributed by atoms with E-state index >= 15 is 0 Å². The van der Waals surface area contributed by atoms with Gasteiger partial charge in [0, 0.05) is 39.8 Å². The summed E-state index contributed by atoms with van der Waals surface area (Å²) in [5.74, 6) is -0.179. The van der Waals surface area contributed by atoms with Gasteiger partial charge in [0.15, 0.2) is 0 Å². The Bertz CT molecular complexity index is 669. The van der Waals surface area contributed by atoms with E-state index in [0.717, 1.165) is 19.4 Å². The molecule has 2 aliphatic rings. The Morgan fingerprint density at radius 1 is 1.35 bits per heavy atom. The standard InChI is InChI=1S/C19H26FN3O3/c1-26-11-10-22-8-3-6-19(17(22)24)7-9-23(14-19)18(25)21-13-15-4-2-5-16(20)12-15/h2,4-5,12H,3,6-11,13-14H2,1H3,(H,21,25). The van der Waals surface area contributed by atoms with Crippen molar-refractivity contribution in [3.05, 3.63) is 35.6 Å². The van der Waals surface area contributed by atoms with Crippen LogP contribution in [0.3, 0.4) is 0 Å². The minimum absolute atomic E-state index is 0.140. The molecule has 2 aliphatic heterocycles. The number of carbonyl (C=O) groups is 2. The lowest BCUT2D eigenvalue weighted by atomic mass is 9.78. The summed E-state index contributed by atoms with van der Waals surface area (Å²) in [6.45, 7) is 3.18. The van der Waals surface area contributed by atoms with E-state index in [4.69, 9.17) is 4.74 Å². The van der Waals surface area contributed by atoms with Gasteiger partial charge in [0.1, 0.15) is 5.82 Å². The zero-order valence-corrected chi connectivity index (χ0v) is 15.2. The van der Waals surface area contributed by atoms with Crippen LogP contribution in [0.15, 0.2) is 24.3 Å². The van der Waals surface area contributed by atoms with Crippen LogP contribution in [0.2, 0.25) is 0 Å². The average molecular weight is 363 g/mol. The zero-order chi connectivity index (χ0) is 18.6. The fraction of sp³-hybridized carbons (Fsp3) is 0.579. The number of rotatable bonds is 5. The highest BCUT2D eigenvalue weighted by atomic mass is 19.1. The van der Waals surface area contributed by atoms with Gasteiger partial charge in [0.2, 0.25) is 5.91 Å². The van der Waals surface area contributed by atoms with Gasteiger partial charge in [-0.15, -0.1) is 0 Å². The van der Waals surface area contributed by atoms with Gasteiger partial charge in [-0.3, -0.25) is 4.79 Å². The first kappa shape index (κ1) is 18.6. The third kappa shape index (κ3) is 3.98. The van der Waals surface area contributed by atoms with Crippen LogP contribution in [0.5, 0.6) is 0 Å². The first-order valence-electron chi connectivity index (χ1n) is 9.10. The molecule has 3 amide bonds. The van der Waals surface area contributed by atoms with Gasteiger partial charge in [0.05, 0.1) is 12.0 Å². The lowest BCUT2D eigenvalue weighted by Gasteiger charge is -2.39. The van der Waals surface area contributed by atoms with Crippen LogP contribution in [-0.4, -0.2) is 61.6 Å². The SMILES string of the molecule is COCCN1CCCC2(CCN(C(=O)NCc3cccc(F)c3)C2)C1=O. The predicted molar refractivity (Wildman–Crippen MR) is 94.9 cm³/mol. The van der Waals surface area contributed by atoms with Crippen LogP contribution in [0, 0.1) is 11.2 Å². The summed E-state index contributed by atoms with van der Waals surface area (Å²) in [7, 11) is 1.63. The number of methoxy groups -OCH3 is 1. The van der Waals surface area contributed by atoms with Crippen molar-refractivity contribution < 1.29 is 18.7 Å². The molecule has 2 fully saturated rings. The molecule has 0 aromatic heterocycles. The van der Waals surface area contributed by atoms with Crippen molar-refractivity contribution in [2.45, 2.75) is 25.8 Å². The molecule has 2 saturated heterocycles. The maximum atomic E-state index is 13.2. The van der Waals surface area contributed by atoms with E-state index in [1.807, 2.05) is 4.90 Å². The van der Waals surface area contributed by atoms with Crippen molar-refractivity contribution in [2.75, 3.05) is 39.9 Å². The summed E-state index contributed by atoms with van der Waals surface area (Å²) in [4.78, 5) is 28.9. The van der Waals surface area contributed by atoms with Gasteiger partial charge in [-0.1, -0.05) is 12.1 Å². The van der Waals surface area contributed by atoms with Gasteiger partial charge < -0.3 is 19.9 Å². The summed E-state index contributed by atoms with van der Waals surface area (Å²) < 4.78 is 18.3. The average Bonchev–Trinajstić information content (AvgIpc) is 3.06. The summed E-state index contributed by atoms with van der Waals surface area (Å²) in [5, 5.41) is 2.83. The van der Waals surface area contributed by atoms with Crippen LogP contribution in [0.4, 0.5) is 9.18 Å². The quantitative estimate of drug-likeness (QED) is 0.870. The van der Waals surface area contributed by atoms with E-state index < -0.39 is 5.41 Å². The second-order valence-electron chi connectivity index (χ2n) is 7.13. The van der Waals surface area contributed by atoms with Crippen LogP contribution in [-0.2, 0) is 16.1 Å². The molecule has 1 atom stereocenters. The number of hydrogen-bond acceptors (Lipinski definition) is 3. The molecule has 0 radical (unpaired) electrons. The highest BCUT2D eigenvalue weighted by molar-refractivity contribution is 5.85. The Balaban J connectivity index is 1.56. The van der Waals surface area contributed by atoms with Crippen LogP contribution >= 0.6 is 0 Å². The summed E-state index contributed by atoms with van der Waals surface area (Å²) in [5.41, 5.74) is 0.258. The number of piperidine rings is 1. The monoisotopic (exact) mass is 363 g/mol. The molecule has 2 heterocycles. The van der Waals surface area contributed by atoms with Crippen molar-refractivity contribution in [3.63, 3.8) is 0 Å². The molecule has 0 aliphatic carbocycles. The van der Waals surface area contributed by atoms with E-state index in [-0.39, 0.29) is 24.3 Å². The highest BCUT2D eigenvalue weighted by Gasteiger charge is 2.49. The van der Waals surface area contributed by atoms with E-state index in [9.17, 15) is 14.0 Å². The van der Waals surface area contributed by atoms with E-state index in [1.54, 1.807) is 24.1 Å². The molecular weight excluding hydrogens is 337 g/mol. The molecular formula is C19H26FN3O3. The molecule has 1 spiro atoms. The second kappa shape index (κ2) is 8.03. The summed E-state index contributed by atoms with van der Waals surface area (Å²) >= 11 is 0. The fourth-order valence-corrected chi connectivity index (χ4v) is 3.93. The molecule has 0 saturated carbocycles. The maximum absolute atomic E-state index is 13.2. The first-order chi connectivity index (χ1) is 12.5. The van der Waals surface area contributed by atoms with E-state index in [1.165, 1.54) is 12.1 Å². The minimum atomic E-state index is -0.456. The van der Waals surface area contributed by atoms with Gasteiger partial charge in [-0.2, -0.15) is 0 Å². The Kier molecular flexibility index (Phi) is 5.76. The van der Waals surface area contributed by atoms with Gasteiger partial charge in [-0.25, -0.2) is 9.18 Å².